The lowest BCUT2D eigenvalue weighted by Gasteiger charge is -2.14. The lowest BCUT2D eigenvalue weighted by Crippen LogP contribution is -2.20. The number of benzene rings is 1. The van der Waals surface area contributed by atoms with E-state index in [0.29, 0.717) is 18.4 Å². The Hall–Kier alpha value is -1.29. The molecule has 2 rings (SSSR count). The maximum Gasteiger partial charge on any atom is 0.167 e. The van der Waals surface area contributed by atoms with Crippen molar-refractivity contribution in [1.82, 2.24) is 0 Å². The SMILES string of the molecule is CCOc1ccc(NC2CCC(N)C2)cc1F. The molecule has 0 bridgehead atoms. The Bertz CT molecular complexity index is 384. The van der Waals surface area contributed by atoms with Crippen LogP contribution in [-0.2, 0) is 0 Å². The molecule has 0 aromatic heterocycles. The van der Waals surface area contributed by atoms with E-state index in [-0.39, 0.29) is 11.9 Å². The van der Waals surface area contributed by atoms with Crippen molar-refractivity contribution in [3.63, 3.8) is 0 Å². The van der Waals surface area contributed by atoms with E-state index >= 15 is 0 Å². The van der Waals surface area contributed by atoms with Crippen LogP contribution in [0, 0.1) is 5.82 Å². The van der Waals surface area contributed by atoms with E-state index < -0.39 is 0 Å². The highest BCUT2D eigenvalue weighted by Gasteiger charge is 2.21. The van der Waals surface area contributed by atoms with Crippen LogP contribution in [0.4, 0.5) is 10.1 Å². The maximum absolute atomic E-state index is 13.6. The number of rotatable bonds is 4. The Labute approximate surface area is 101 Å². The molecule has 2 unspecified atom stereocenters. The van der Waals surface area contributed by atoms with Gasteiger partial charge in [-0.1, -0.05) is 0 Å². The van der Waals surface area contributed by atoms with Crippen LogP contribution in [-0.4, -0.2) is 18.7 Å². The topological polar surface area (TPSA) is 47.3 Å². The molecule has 4 heteroatoms. The van der Waals surface area contributed by atoms with Gasteiger partial charge in [-0.3, -0.25) is 0 Å². The van der Waals surface area contributed by atoms with E-state index in [9.17, 15) is 4.39 Å². The lowest BCUT2D eigenvalue weighted by atomic mass is 10.2. The molecular formula is C13H19FN2O. The zero-order valence-corrected chi connectivity index (χ0v) is 10.1. The normalized spacial score (nSPS) is 23.7. The van der Waals surface area contributed by atoms with Gasteiger partial charge in [-0.05, 0) is 38.3 Å². The van der Waals surface area contributed by atoms with Crippen LogP contribution in [0.5, 0.6) is 5.75 Å². The molecule has 0 radical (unpaired) electrons. The van der Waals surface area contributed by atoms with Gasteiger partial charge in [0.25, 0.3) is 0 Å². The smallest absolute Gasteiger partial charge is 0.167 e. The van der Waals surface area contributed by atoms with Crippen molar-refractivity contribution < 1.29 is 9.13 Å². The van der Waals surface area contributed by atoms with E-state index in [1.807, 2.05) is 13.0 Å². The van der Waals surface area contributed by atoms with Gasteiger partial charge in [-0.2, -0.15) is 0 Å². The van der Waals surface area contributed by atoms with Crippen LogP contribution in [0.2, 0.25) is 0 Å². The van der Waals surface area contributed by atoms with E-state index in [1.54, 1.807) is 6.07 Å². The summed E-state index contributed by atoms with van der Waals surface area (Å²) in [7, 11) is 0. The second kappa shape index (κ2) is 5.36. The zero-order chi connectivity index (χ0) is 12.3. The molecule has 0 saturated heterocycles. The highest BCUT2D eigenvalue weighted by molar-refractivity contribution is 5.48. The van der Waals surface area contributed by atoms with Crippen molar-refractivity contribution in [1.29, 1.82) is 0 Å². The number of anilines is 1. The van der Waals surface area contributed by atoms with Crippen LogP contribution in [0.1, 0.15) is 26.2 Å². The summed E-state index contributed by atoms with van der Waals surface area (Å²) < 4.78 is 18.8. The van der Waals surface area contributed by atoms with Crippen molar-refractivity contribution in [3.05, 3.63) is 24.0 Å². The molecule has 1 aliphatic rings. The molecule has 3 nitrogen and oxygen atoms in total. The van der Waals surface area contributed by atoms with Gasteiger partial charge in [0.1, 0.15) is 0 Å². The van der Waals surface area contributed by atoms with Gasteiger partial charge in [0, 0.05) is 23.8 Å². The number of ether oxygens (including phenoxy) is 1. The minimum Gasteiger partial charge on any atom is -0.491 e. The van der Waals surface area contributed by atoms with Crippen LogP contribution in [0.15, 0.2) is 18.2 Å². The maximum atomic E-state index is 13.6. The summed E-state index contributed by atoms with van der Waals surface area (Å²) in [5.74, 6) is -0.0136. The van der Waals surface area contributed by atoms with Gasteiger partial charge < -0.3 is 15.8 Å². The standard InChI is InChI=1S/C13H19FN2O/c1-2-17-13-6-5-11(8-12(13)14)16-10-4-3-9(15)7-10/h5-6,8-10,16H,2-4,7,15H2,1H3. The molecular weight excluding hydrogens is 219 g/mol. The minimum atomic E-state index is -0.320. The summed E-state index contributed by atoms with van der Waals surface area (Å²) >= 11 is 0. The Morgan fingerprint density at radius 1 is 1.47 bits per heavy atom. The first-order valence-electron chi connectivity index (χ1n) is 6.13. The van der Waals surface area contributed by atoms with E-state index in [1.165, 1.54) is 6.07 Å². The number of hydrogen-bond acceptors (Lipinski definition) is 3. The largest absolute Gasteiger partial charge is 0.491 e. The molecule has 3 N–H and O–H groups in total. The first kappa shape index (κ1) is 12.2. The minimum absolute atomic E-state index is 0.278. The van der Waals surface area contributed by atoms with Gasteiger partial charge >= 0.3 is 0 Å². The molecule has 0 aliphatic heterocycles. The second-order valence-corrected chi connectivity index (χ2v) is 4.49. The Balaban J connectivity index is 1.99. The number of halogens is 1. The third-order valence-corrected chi connectivity index (χ3v) is 3.08. The highest BCUT2D eigenvalue weighted by atomic mass is 19.1. The van der Waals surface area contributed by atoms with Gasteiger partial charge in [0.2, 0.25) is 0 Å². The van der Waals surface area contributed by atoms with Gasteiger partial charge in [-0.25, -0.2) is 4.39 Å². The van der Waals surface area contributed by atoms with Crippen molar-refractivity contribution in [2.45, 2.75) is 38.3 Å². The molecule has 94 valence electrons. The van der Waals surface area contributed by atoms with Gasteiger partial charge in [-0.15, -0.1) is 0 Å². The third-order valence-electron chi connectivity index (χ3n) is 3.08. The molecule has 0 amide bonds. The summed E-state index contributed by atoms with van der Waals surface area (Å²) in [5.41, 5.74) is 6.63. The number of nitrogens with one attached hydrogen (secondary N) is 1. The Kier molecular flexibility index (Phi) is 3.84. The molecule has 1 aromatic rings. The zero-order valence-electron chi connectivity index (χ0n) is 10.1. The molecule has 1 saturated carbocycles. The van der Waals surface area contributed by atoms with Crippen molar-refractivity contribution >= 4 is 5.69 Å². The molecule has 17 heavy (non-hydrogen) atoms. The fourth-order valence-electron chi connectivity index (χ4n) is 2.25. The Morgan fingerprint density at radius 2 is 2.29 bits per heavy atom. The predicted molar refractivity (Wildman–Crippen MR) is 66.8 cm³/mol. The average Bonchev–Trinajstić information content (AvgIpc) is 2.68. The van der Waals surface area contributed by atoms with Crippen LogP contribution < -0.4 is 15.8 Å². The molecule has 1 aliphatic carbocycles. The van der Waals surface area contributed by atoms with Crippen molar-refractivity contribution in [2.75, 3.05) is 11.9 Å². The van der Waals surface area contributed by atoms with Crippen LogP contribution in [0.3, 0.4) is 0 Å². The molecule has 1 fully saturated rings. The van der Waals surface area contributed by atoms with Crippen molar-refractivity contribution in [3.8, 4) is 5.75 Å². The summed E-state index contributed by atoms with van der Waals surface area (Å²) in [6.45, 7) is 2.31. The summed E-state index contributed by atoms with van der Waals surface area (Å²) in [4.78, 5) is 0. The average molecular weight is 238 g/mol. The Morgan fingerprint density at radius 3 is 2.88 bits per heavy atom. The lowest BCUT2D eigenvalue weighted by molar-refractivity contribution is 0.321. The molecule has 0 spiro atoms. The molecule has 2 atom stereocenters. The van der Waals surface area contributed by atoms with E-state index in [0.717, 1.165) is 24.9 Å². The summed E-state index contributed by atoms with van der Waals surface area (Å²) in [5, 5.41) is 3.31. The van der Waals surface area contributed by atoms with Crippen molar-refractivity contribution in [2.24, 2.45) is 5.73 Å². The number of nitrogens with two attached hydrogens (primary N) is 1. The van der Waals surface area contributed by atoms with Gasteiger partial charge in [0.05, 0.1) is 6.61 Å². The fraction of sp³-hybridized carbons (Fsp3) is 0.538. The van der Waals surface area contributed by atoms with E-state index in [2.05, 4.69) is 5.32 Å². The highest BCUT2D eigenvalue weighted by Crippen LogP contribution is 2.25. The van der Waals surface area contributed by atoms with Gasteiger partial charge in [0.15, 0.2) is 11.6 Å². The van der Waals surface area contributed by atoms with Crippen LogP contribution >= 0.6 is 0 Å². The monoisotopic (exact) mass is 238 g/mol. The quantitative estimate of drug-likeness (QED) is 0.847. The summed E-state index contributed by atoms with van der Waals surface area (Å²) in [6, 6.07) is 5.63. The number of hydrogen-bond donors (Lipinski definition) is 2. The molecule has 0 heterocycles. The molecule has 1 aromatic carbocycles. The third kappa shape index (κ3) is 3.09. The van der Waals surface area contributed by atoms with E-state index in [4.69, 9.17) is 10.5 Å². The summed E-state index contributed by atoms with van der Waals surface area (Å²) in [6.07, 6.45) is 3.04. The first-order chi connectivity index (χ1) is 8.19. The predicted octanol–water partition coefficient (Wildman–Crippen LogP) is 2.52. The second-order valence-electron chi connectivity index (χ2n) is 4.49. The fourth-order valence-corrected chi connectivity index (χ4v) is 2.25. The van der Waals surface area contributed by atoms with Crippen LogP contribution in [0.25, 0.3) is 0 Å². The first-order valence-corrected chi connectivity index (χ1v) is 6.13.